The fourth-order valence-corrected chi connectivity index (χ4v) is 7.36. The first-order valence-electron chi connectivity index (χ1n) is 22.8. The minimum atomic E-state index is -4.43. The highest BCUT2D eigenvalue weighted by Crippen LogP contribution is 2.43. The van der Waals surface area contributed by atoms with Crippen molar-refractivity contribution in [2.45, 2.75) is 180 Å². The Morgan fingerprint density at radius 1 is 0.763 bits per heavy atom. The molecule has 1 aliphatic rings. The summed E-state index contributed by atoms with van der Waals surface area (Å²) in [5.74, 6) is -1.20. The molecule has 0 aromatic rings. The molecule has 1 aliphatic carbocycles. The van der Waals surface area contributed by atoms with Crippen LogP contribution in [0.1, 0.15) is 168 Å². The van der Waals surface area contributed by atoms with Gasteiger partial charge in [0.05, 0.1) is 19.3 Å². The summed E-state index contributed by atoms with van der Waals surface area (Å²) in [5.41, 5.74) is 5.35. The summed E-state index contributed by atoms with van der Waals surface area (Å²) in [6.45, 7) is 3.37. The Kier molecular flexibility index (Phi) is 34.2. The maximum Gasteiger partial charge on any atom is 0.472 e. The van der Waals surface area contributed by atoms with E-state index >= 15 is 0 Å². The Labute approximate surface area is 356 Å². The maximum atomic E-state index is 12.6. The Morgan fingerprint density at radius 3 is 2.03 bits per heavy atom. The summed E-state index contributed by atoms with van der Waals surface area (Å²) in [5, 5.41) is 10.2. The number of aliphatic hydroxyl groups excluding tert-OH is 1. The van der Waals surface area contributed by atoms with Gasteiger partial charge in [-0.2, -0.15) is 0 Å². The van der Waals surface area contributed by atoms with E-state index in [1.807, 2.05) is 24.3 Å². The van der Waals surface area contributed by atoms with Crippen LogP contribution in [0.3, 0.4) is 0 Å². The molecule has 4 N–H and O–H groups in total. The first-order chi connectivity index (χ1) is 28.6. The van der Waals surface area contributed by atoms with E-state index < -0.39 is 38.6 Å². The van der Waals surface area contributed by atoms with Crippen molar-refractivity contribution in [1.82, 2.24) is 0 Å². The largest absolute Gasteiger partial charge is 0.472 e. The normalized spacial score (nSPS) is 17.8. The predicted octanol–water partition coefficient (Wildman–Crippen LogP) is 10.9. The van der Waals surface area contributed by atoms with Gasteiger partial charge in [0.1, 0.15) is 6.61 Å². The molecule has 1 rings (SSSR count). The molecule has 5 atom stereocenters. The van der Waals surface area contributed by atoms with E-state index in [2.05, 4.69) is 38.2 Å². The number of phosphoric ester groups is 1. The average Bonchev–Trinajstić information content (AvgIpc) is 3.57. The molecule has 12 heteroatoms. The molecule has 0 amide bonds. The van der Waals surface area contributed by atoms with Gasteiger partial charge in [0.15, 0.2) is 11.9 Å². The number of rotatable bonds is 39. The minimum absolute atomic E-state index is 0.0220. The Bertz CT molecular complexity index is 1300. The van der Waals surface area contributed by atoms with Crippen LogP contribution in [-0.2, 0) is 37.5 Å². The van der Waals surface area contributed by atoms with E-state index in [0.717, 1.165) is 51.4 Å². The van der Waals surface area contributed by atoms with Crippen LogP contribution in [0.2, 0.25) is 0 Å². The molecule has 1 unspecified atom stereocenters. The molecule has 0 aromatic heterocycles. The fraction of sp³-hybridized carbons (Fsp3) is 0.723. The highest BCUT2D eigenvalue weighted by Gasteiger charge is 2.27. The lowest BCUT2D eigenvalue weighted by atomic mass is 9.90. The van der Waals surface area contributed by atoms with E-state index in [9.17, 15) is 28.9 Å². The van der Waals surface area contributed by atoms with Gasteiger partial charge in [0.25, 0.3) is 0 Å². The number of hydrogen-bond acceptors (Lipinski definition) is 10. The van der Waals surface area contributed by atoms with Gasteiger partial charge in [0.2, 0.25) is 0 Å². The number of hydrogen-bond donors (Lipinski definition) is 3. The van der Waals surface area contributed by atoms with Gasteiger partial charge in [-0.05, 0) is 76.2 Å². The number of unbranched alkanes of at least 4 members (excludes halogenated alkanes) is 15. The molecule has 0 fully saturated rings. The molecule has 338 valence electrons. The van der Waals surface area contributed by atoms with Crippen molar-refractivity contribution in [2.75, 3.05) is 26.4 Å². The van der Waals surface area contributed by atoms with Crippen molar-refractivity contribution in [3.63, 3.8) is 0 Å². The number of phosphoric acid groups is 1. The van der Waals surface area contributed by atoms with Gasteiger partial charge in [-0.25, -0.2) is 4.57 Å². The molecule has 0 spiro atoms. The Hall–Kier alpha value is -2.66. The topological polar surface area (TPSA) is 172 Å². The molecule has 11 nitrogen and oxygen atoms in total. The third-order valence-corrected chi connectivity index (χ3v) is 11.1. The van der Waals surface area contributed by atoms with Gasteiger partial charge in [-0.3, -0.25) is 23.4 Å². The number of carbonyl (C=O) groups is 3. The van der Waals surface area contributed by atoms with Gasteiger partial charge < -0.3 is 25.2 Å². The van der Waals surface area contributed by atoms with Crippen LogP contribution in [-0.4, -0.2) is 66.3 Å². The van der Waals surface area contributed by atoms with E-state index in [4.69, 9.17) is 24.3 Å². The van der Waals surface area contributed by atoms with Crippen LogP contribution < -0.4 is 5.73 Å². The number of carbonyl (C=O) groups excluding carboxylic acids is 3. The third kappa shape index (κ3) is 31.8. The number of aliphatic hydroxyl groups is 1. The van der Waals surface area contributed by atoms with Crippen LogP contribution in [0, 0.1) is 11.8 Å². The van der Waals surface area contributed by atoms with Gasteiger partial charge in [0, 0.05) is 25.3 Å². The number of nitrogens with two attached hydrogens (primary N) is 1. The van der Waals surface area contributed by atoms with Crippen LogP contribution in [0.15, 0.2) is 60.8 Å². The van der Waals surface area contributed by atoms with Crippen molar-refractivity contribution in [3.05, 3.63) is 60.8 Å². The lowest BCUT2D eigenvalue weighted by molar-refractivity contribution is -0.161. The molecule has 0 aromatic carbocycles. The van der Waals surface area contributed by atoms with E-state index in [1.54, 1.807) is 12.2 Å². The van der Waals surface area contributed by atoms with Gasteiger partial charge in [-0.15, -0.1) is 0 Å². The zero-order chi connectivity index (χ0) is 43.2. The summed E-state index contributed by atoms with van der Waals surface area (Å²) in [7, 11) is -4.43. The first kappa shape index (κ1) is 54.4. The van der Waals surface area contributed by atoms with Crippen LogP contribution in [0.4, 0.5) is 0 Å². The molecule has 0 saturated carbocycles. The monoisotopic (exact) mass is 850 g/mol. The third-order valence-electron chi connectivity index (χ3n) is 10.1. The summed E-state index contributed by atoms with van der Waals surface area (Å²) in [4.78, 5) is 47.4. The second-order valence-electron chi connectivity index (χ2n) is 15.6. The lowest BCUT2D eigenvalue weighted by Gasteiger charge is -2.19. The first-order valence-corrected chi connectivity index (χ1v) is 24.3. The van der Waals surface area contributed by atoms with E-state index in [-0.39, 0.29) is 50.2 Å². The SMILES string of the molecule is CCCCC/C=C\C/C=C\CCCCCCCCCCCC(=O)O[C@H](COC(=O)CCC/C=C\C[C@H]1C=CC(=O)[C@@H]1/C=C/[C@@H](O)CCCCC)COP(=O)(O)OCCN. The van der Waals surface area contributed by atoms with Crippen molar-refractivity contribution >= 4 is 25.5 Å². The zero-order valence-electron chi connectivity index (χ0n) is 36.6. The van der Waals surface area contributed by atoms with E-state index in [0.29, 0.717) is 32.1 Å². The number of ether oxygens (including phenoxy) is 2. The summed E-state index contributed by atoms with van der Waals surface area (Å²) in [6.07, 6.45) is 41.6. The van der Waals surface area contributed by atoms with Crippen molar-refractivity contribution in [3.8, 4) is 0 Å². The lowest BCUT2D eigenvalue weighted by Crippen LogP contribution is -2.29. The molecule has 0 bridgehead atoms. The molecular weight excluding hydrogens is 769 g/mol. The molecular formula is C47H80NO10P. The molecule has 0 aliphatic heterocycles. The molecule has 0 saturated heterocycles. The van der Waals surface area contributed by atoms with Crippen molar-refractivity contribution in [2.24, 2.45) is 17.6 Å². The smallest absolute Gasteiger partial charge is 0.462 e. The number of esters is 2. The second-order valence-corrected chi connectivity index (χ2v) is 17.0. The van der Waals surface area contributed by atoms with Crippen molar-refractivity contribution in [1.29, 1.82) is 0 Å². The highest BCUT2D eigenvalue weighted by molar-refractivity contribution is 7.47. The molecule has 0 heterocycles. The Balaban J connectivity index is 2.33. The van der Waals surface area contributed by atoms with Gasteiger partial charge in [-0.1, -0.05) is 146 Å². The standard InChI is InChI=1S/C47H80NO10P/c1-3-5-7-8-9-10-11-12-13-14-15-16-17-18-19-20-21-22-28-32-47(52)58-43(40-57-59(53,54)56-38-37-48)39-55-46(51)31-27-24-23-26-29-41-33-36-45(50)44(41)35-34-42(49)30-25-6-4-2/h9-10,12-13,23,26,33-36,41-44,49H,3-8,11,14-22,24-25,27-32,37-40,48H2,1-2H3,(H,53,54)/b10-9-,13-12-,26-23-,35-34+/t41-,42-,43+,44+/m0/s1. The van der Waals surface area contributed by atoms with Crippen molar-refractivity contribution < 1.29 is 47.5 Å². The van der Waals surface area contributed by atoms with Gasteiger partial charge >= 0.3 is 19.8 Å². The van der Waals surface area contributed by atoms with Crippen LogP contribution in [0.25, 0.3) is 0 Å². The Morgan fingerprint density at radius 2 is 1.36 bits per heavy atom. The maximum absolute atomic E-state index is 12.6. The fourth-order valence-electron chi connectivity index (χ4n) is 6.60. The molecule has 59 heavy (non-hydrogen) atoms. The molecule has 0 radical (unpaired) electrons. The average molecular weight is 850 g/mol. The van der Waals surface area contributed by atoms with Crippen LogP contribution in [0.5, 0.6) is 0 Å². The number of ketones is 1. The quantitative estimate of drug-likeness (QED) is 0.0233. The minimum Gasteiger partial charge on any atom is -0.462 e. The summed E-state index contributed by atoms with van der Waals surface area (Å²) < 4.78 is 32.8. The zero-order valence-corrected chi connectivity index (χ0v) is 37.5. The summed E-state index contributed by atoms with van der Waals surface area (Å²) in [6, 6.07) is 0. The number of allylic oxidation sites excluding steroid dienone is 9. The van der Waals surface area contributed by atoms with Crippen LogP contribution >= 0.6 is 7.82 Å². The highest BCUT2D eigenvalue weighted by atomic mass is 31.2. The van der Waals surface area contributed by atoms with E-state index in [1.165, 1.54) is 57.8 Å². The summed E-state index contributed by atoms with van der Waals surface area (Å²) >= 11 is 0. The second kappa shape index (κ2) is 37.1. The predicted molar refractivity (Wildman–Crippen MR) is 237 cm³/mol.